The quantitative estimate of drug-likeness (QED) is 0.783. The van der Waals surface area contributed by atoms with Crippen molar-refractivity contribution in [2.24, 2.45) is 0 Å². The molecule has 2 saturated heterocycles. The van der Waals surface area contributed by atoms with Gasteiger partial charge >= 0.3 is 0 Å². The Kier molecular flexibility index (Phi) is 5.96. The molecule has 1 amide bonds. The number of amides is 1. The van der Waals surface area contributed by atoms with E-state index in [2.05, 4.69) is 46.2 Å². The lowest BCUT2D eigenvalue weighted by Crippen LogP contribution is -2.43. The molecule has 0 N–H and O–H groups in total. The molecule has 4 heteroatoms. The summed E-state index contributed by atoms with van der Waals surface area (Å²) in [4.78, 5) is 16.9. The summed E-state index contributed by atoms with van der Waals surface area (Å²) < 4.78 is 5.33. The minimum absolute atomic E-state index is 0.314. The first kappa shape index (κ1) is 19.0. The van der Waals surface area contributed by atoms with Crippen LogP contribution in [-0.2, 0) is 4.79 Å². The predicted octanol–water partition coefficient (Wildman–Crippen LogP) is 4.16. The Bertz CT molecular complexity index is 789. The second-order valence-electron chi connectivity index (χ2n) is 7.99. The predicted molar refractivity (Wildman–Crippen MR) is 113 cm³/mol. The molecule has 0 aliphatic carbocycles. The molecule has 2 aromatic rings. The van der Waals surface area contributed by atoms with E-state index in [1.54, 1.807) is 7.11 Å². The van der Waals surface area contributed by atoms with E-state index in [0.29, 0.717) is 18.4 Å². The normalized spacial score (nSPS) is 18.4. The first-order valence-corrected chi connectivity index (χ1v) is 10.5. The standard InChI is InChI=1S/C24H30N2O2/c1-28-23-6-4-5-22(17-23)20-9-7-19(8-10-20)21-11-15-26(16-12-21)24(27)18-25-13-2-3-14-25/h4-10,17,21H,2-3,11-16,18H2,1H3. The van der Waals surface area contributed by atoms with E-state index in [9.17, 15) is 4.79 Å². The average Bonchev–Trinajstić information content (AvgIpc) is 3.27. The molecule has 0 unspecified atom stereocenters. The maximum atomic E-state index is 12.5. The van der Waals surface area contributed by atoms with Gasteiger partial charge in [-0.15, -0.1) is 0 Å². The summed E-state index contributed by atoms with van der Waals surface area (Å²) in [5.41, 5.74) is 3.77. The molecule has 0 radical (unpaired) electrons. The number of benzene rings is 2. The second-order valence-corrected chi connectivity index (χ2v) is 7.99. The molecule has 2 fully saturated rings. The van der Waals surface area contributed by atoms with Crippen LogP contribution in [0, 0.1) is 0 Å². The molecule has 2 aliphatic rings. The number of piperidine rings is 1. The van der Waals surface area contributed by atoms with Crippen LogP contribution in [0.1, 0.15) is 37.2 Å². The fourth-order valence-electron chi connectivity index (χ4n) is 4.44. The molecule has 0 atom stereocenters. The van der Waals surface area contributed by atoms with Crippen LogP contribution in [0.3, 0.4) is 0 Å². The molecule has 0 saturated carbocycles. The molecule has 2 aromatic carbocycles. The van der Waals surface area contributed by atoms with E-state index in [0.717, 1.165) is 44.8 Å². The molecule has 148 valence electrons. The Morgan fingerprint density at radius 3 is 2.36 bits per heavy atom. The van der Waals surface area contributed by atoms with Gasteiger partial charge in [0.2, 0.25) is 5.91 Å². The summed E-state index contributed by atoms with van der Waals surface area (Å²) >= 11 is 0. The molecule has 4 nitrogen and oxygen atoms in total. The number of carbonyl (C=O) groups excluding carboxylic acids is 1. The molecule has 28 heavy (non-hydrogen) atoms. The van der Waals surface area contributed by atoms with Gasteiger partial charge in [-0.2, -0.15) is 0 Å². The number of rotatable bonds is 5. The third kappa shape index (κ3) is 4.39. The minimum atomic E-state index is 0.314. The summed E-state index contributed by atoms with van der Waals surface area (Å²) in [5, 5.41) is 0. The fraction of sp³-hybridized carbons (Fsp3) is 0.458. The van der Waals surface area contributed by atoms with Crippen molar-refractivity contribution in [2.45, 2.75) is 31.6 Å². The number of likely N-dealkylation sites (tertiary alicyclic amines) is 2. The van der Waals surface area contributed by atoms with Gasteiger partial charge < -0.3 is 9.64 Å². The van der Waals surface area contributed by atoms with Crippen molar-refractivity contribution in [1.82, 2.24) is 9.80 Å². The van der Waals surface area contributed by atoms with Gasteiger partial charge in [-0.05, 0) is 73.5 Å². The van der Waals surface area contributed by atoms with Crippen LogP contribution in [0.4, 0.5) is 0 Å². The van der Waals surface area contributed by atoms with E-state index in [-0.39, 0.29) is 0 Å². The van der Waals surface area contributed by atoms with Gasteiger partial charge in [0.1, 0.15) is 5.75 Å². The summed E-state index contributed by atoms with van der Waals surface area (Å²) in [6.07, 6.45) is 4.59. The van der Waals surface area contributed by atoms with Gasteiger partial charge in [0.05, 0.1) is 13.7 Å². The zero-order chi connectivity index (χ0) is 19.3. The smallest absolute Gasteiger partial charge is 0.236 e. The largest absolute Gasteiger partial charge is 0.497 e. The lowest BCUT2D eigenvalue weighted by atomic mass is 9.88. The highest BCUT2D eigenvalue weighted by Crippen LogP contribution is 2.31. The van der Waals surface area contributed by atoms with Gasteiger partial charge in [-0.25, -0.2) is 0 Å². The highest BCUT2D eigenvalue weighted by atomic mass is 16.5. The summed E-state index contributed by atoms with van der Waals surface area (Å²) in [6.45, 7) is 4.55. The van der Waals surface area contributed by atoms with Crippen LogP contribution in [0.15, 0.2) is 48.5 Å². The summed E-state index contributed by atoms with van der Waals surface area (Å²) in [6, 6.07) is 17.1. The molecule has 0 bridgehead atoms. The van der Waals surface area contributed by atoms with Crippen molar-refractivity contribution in [3.63, 3.8) is 0 Å². The van der Waals surface area contributed by atoms with Crippen molar-refractivity contribution in [3.05, 3.63) is 54.1 Å². The average molecular weight is 379 g/mol. The molecule has 2 aliphatic heterocycles. The molecule has 4 rings (SSSR count). The van der Waals surface area contributed by atoms with E-state index in [1.807, 2.05) is 12.1 Å². The molecular formula is C24H30N2O2. The first-order chi connectivity index (χ1) is 13.7. The minimum Gasteiger partial charge on any atom is -0.497 e. The van der Waals surface area contributed by atoms with Gasteiger partial charge in [0.25, 0.3) is 0 Å². The third-order valence-electron chi connectivity index (χ3n) is 6.19. The number of hydrogen-bond acceptors (Lipinski definition) is 3. The van der Waals surface area contributed by atoms with Crippen LogP contribution in [0.25, 0.3) is 11.1 Å². The van der Waals surface area contributed by atoms with E-state index in [4.69, 9.17) is 4.74 Å². The van der Waals surface area contributed by atoms with Gasteiger partial charge in [-0.1, -0.05) is 36.4 Å². The Labute approximate surface area is 168 Å². The Balaban J connectivity index is 1.33. The maximum Gasteiger partial charge on any atom is 0.236 e. The van der Waals surface area contributed by atoms with E-state index in [1.165, 1.54) is 29.5 Å². The van der Waals surface area contributed by atoms with Gasteiger partial charge in [-0.3, -0.25) is 9.69 Å². The number of methoxy groups -OCH3 is 1. The lowest BCUT2D eigenvalue weighted by Gasteiger charge is -2.33. The monoisotopic (exact) mass is 378 g/mol. The first-order valence-electron chi connectivity index (χ1n) is 10.5. The third-order valence-corrected chi connectivity index (χ3v) is 6.19. The molecule has 2 heterocycles. The zero-order valence-corrected chi connectivity index (χ0v) is 16.8. The van der Waals surface area contributed by atoms with Crippen LogP contribution in [0.5, 0.6) is 5.75 Å². The summed E-state index contributed by atoms with van der Waals surface area (Å²) in [5.74, 6) is 1.75. The highest BCUT2D eigenvalue weighted by Gasteiger charge is 2.25. The Morgan fingerprint density at radius 1 is 0.964 bits per heavy atom. The Morgan fingerprint density at radius 2 is 1.68 bits per heavy atom. The number of hydrogen-bond donors (Lipinski definition) is 0. The van der Waals surface area contributed by atoms with Crippen LogP contribution in [-0.4, -0.2) is 55.5 Å². The Hall–Kier alpha value is -2.33. The van der Waals surface area contributed by atoms with Crippen molar-refractivity contribution in [3.8, 4) is 16.9 Å². The molecule has 0 spiro atoms. The van der Waals surface area contributed by atoms with Crippen molar-refractivity contribution in [1.29, 1.82) is 0 Å². The van der Waals surface area contributed by atoms with Crippen molar-refractivity contribution in [2.75, 3.05) is 39.8 Å². The van der Waals surface area contributed by atoms with Crippen molar-refractivity contribution < 1.29 is 9.53 Å². The number of carbonyl (C=O) groups is 1. The van der Waals surface area contributed by atoms with Gasteiger partial charge in [0, 0.05) is 13.1 Å². The van der Waals surface area contributed by atoms with Gasteiger partial charge in [0.15, 0.2) is 0 Å². The summed E-state index contributed by atoms with van der Waals surface area (Å²) in [7, 11) is 1.70. The maximum absolute atomic E-state index is 12.5. The van der Waals surface area contributed by atoms with E-state index >= 15 is 0 Å². The number of nitrogens with zero attached hydrogens (tertiary/aromatic N) is 2. The second kappa shape index (κ2) is 8.78. The lowest BCUT2D eigenvalue weighted by molar-refractivity contribution is -0.133. The van der Waals surface area contributed by atoms with Crippen molar-refractivity contribution >= 4 is 5.91 Å². The van der Waals surface area contributed by atoms with Crippen LogP contribution >= 0.6 is 0 Å². The highest BCUT2D eigenvalue weighted by molar-refractivity contribution is 5.78. The molecule has 0 aromatic heterocycles. The topological polar surface area (TPSA) is 32.8 Å². The fourth-order valence-corrected chi connectivity index (χ4v) is 4.44. The molecular weight excluding hydrogens is 348 g/mol. The number of ether oxygens (including phenoxy) is 1. The van der Waals surface area contributed by atoms with Crippen LogP contribution < -0.4 is 4.74 Å². The SMILES string of the molecule is COc1cccc(-c2ccc(C3CCN(C(=O)CN4CCCC4)CC3)cc2)c1. The zero-order valence-electron chi connectivity index (χ0n) is 16.8. The van der Waals surface area contributed by atoms with E-state index < -0.39 is 0 Å². The van der Waals surface area contributed by atoms with Crippen LogP contribution in [0.2, 0.25) is 0 Å².